The number of aromatic nitrogens is 1. The van der Waals surface area contributed by atoms with Crippen LogP contribution in [0.15, 0.2) is 63.6 Å². The average molecular weight is 337 g/mol. The van der Waals surface area contributed by atoms with Crippen molar-refractivity contribution in [3.05, 3.63) is 66.3 Å². The number of oxazole rings is 1. The van der Waals surface area contributed by atoms with Crippen molar-refractivity contribution in [2.24, 2.45) is 0 Å². The molecule has 0 aliphatic carbocycles. The Kier molecular flexibility index (Phi) is 3.57. The van der Waals surface area contributed by atoms with Gasteiger partial charge in [0.25, 0.3) is 0 Å². The van der Waals surface area contributed by atoms with Crippen molar-refractivity contribution in [2.45, 2.75) is 6.42 Å². The number of halogens is 1. The molecule has 5 nitrogen and oxygen atoms in total. The second-order valence-electron chi connectivity index (χ2n) is 5.55. The highest BCUT2D eigenvalue weighted by Gasteiger charge is 2.19. The molecule has 4 rings (SSSR count). The van der Waals surface area contributed by atoms with Gasteiger partial charge in [0, 0.05) is 16.5 Å². The highest BCUT2D eigenvalue weighted by Crippen LogP contribution is 2.32. The minimum Gasteiger partial charge on any atom is -0.481 e. The van der Waals surface area contributed by atoms with Gasteiger partial charge in [0.2, 0.25) is 5.89 Å². The Bertz CT molecular complexity index is 1060. The van der Waals surface area contributed by atoms with E-state index in [2.05, 4.69) is 4.98 Å². The number of rotatable bonds is 4. The number of aliphatic carboxylic acids is 1. The van der Waals surface area contributed by atoms with Gasteiger partial charge in [-0.3, -0.25) is 4.79 Å². The van der Waals surface area contributed by atoms with Crippen LogP contribution in [0, 0.1) is 5.82 Å². The summed E-state index contributed by atoms with van der Waals surface area (Å²) in [5.74, 6) is -0.750. The van der Waals surface area contributed by atoms with Crippen molar-refractivity contribution in [3.63, 3.8) is 0 Å². The third kappa shape index (κ3) is 2.89. The van der Waals surface area contributed by atoms with Crippen LogP contribution in [0.4, 0.5) is 4.39 Å². The minimum absolute atomic E-state index is 0.249. The lowest BCUT2D eigenvalue weighted by atomic mass is 10.1. The predicted octanol–water partition coefficient (Wildman–Crippen LogP) is 4.52. The van der Waals surface area contributed by atoms with Crippen LogP contribution in [0.1, 0.15) is 5.69 Å². The van der Waals surface area contributed by atoms with E-state index in [9.17, 15) is 9.18 Å². The number of benzene rings is 2. The molecule has 0 saturated heterocycles. The van der Waals surface area contributed by atoms with E-state index in [0.717, 1.165) is 11.0 Å². The Morgan fingerprint density at radius 3 is 2.60 bits per heavy atom. The summed E-state index contributed by atoms with van der Waals surface area (Å²) in [6.45, 7) is 0. The molecule has 0 spiro atoms. The molecule has 4 aromatic rings. The van der Waals surface area contributed by atoms with Gasteiger partial charge in [-0.1, -0.05) is 0 Å². The van der Waals surface area contributed by atoms with E-state index < -0.39 is 5.97 Å². The van der Waals surface area contributed by atoms with Crippen molar-refractivity contribution in [1.29, 1.82) is 0 Å². The Hall–Kier alpha value is -3.41. The second kappa shape index (κ2) is 5.90. The summed E-state index contributed by atoms with van der Waals surface area (Å²) in [5.41, 5.74) is 2.31. The summed E-state index contributed by atoms with van der Waals surface area (Å²) in [7, 11) is 0. The van der Waals surface area contributed by atoms with Gasteiger partial charge in [-0.05, 0) is 48.5 Å². The maximum Gasteiger partial charge on any atom is 0.309 e. The monoisotopic (exact) mass is 337 g/mol. The maximum absolute atomic E-state index is 13.1. The summed E-state index contributed by atoms with van der Waals surface area (Å²) in [4.78, 5) is 15.5. The van der Waals surface area contributed by atoms with Crippen LogP contribution in [0.25, 0.3) is 33.7 Å². The van der Waals surface area contributed by atoms with Crippen LogP contribution >= 0.6 is 0 Å². The normalized spacial score (nSPS) is 11.1. The smallest absolute Gasteiger partial charge is 0.309 e. The molecule has 0 bridgehead atoms. The van der Waals surface area contributed by atoms with Gasteiger partial charge in [-0.25, -0.2) is 9.37 Å². The molecule has 2 aromatic heterocycles. The molecular formula is C19H12FNO4. The molecule has 0 aliphatic heterocycles. The van der Waals surface area contributed by atoms with Gasteiger partial charge in [0.15, 0.2) is 5.76 Å². The van der Waals surface area contributed by atoms with Crippen LogP contribution in [-0.4, -0.2) is 16.1 Å². The molecule has 2 aromatic carbocycles. The van der Waals surface area contributed by atoms with E-state index in [1.54, 1.807) is 18.4 Å². The molecule has 124 valence electrons. The number of hydrogen-bond acceptors (Lipinski definition) is 4. The van der Waals surface area contributed by atoms with E-state index in [4.69, 9.17) is 13.9 Å². The lowest BCUT2D eigenvalue weighted by Crippen LogP contribution is -2.01. The number of carboxylic acid groups (broad SMARTS) is 1. The Morgan fingerprint density at radius 1 is 1.08 bits per heavy atom. The fourth-order valence-electron chi connectivity index (χ4n) is 2.66. The molecule has 2 heterocycles. The molecule has 0 amide bonds. The van der Waals surface area contributed by atoms with E-state index in [0.29, 0.717) is 22.6 Å². The quantitative estimate of drug-likeness (QED) is 0.592. The molecular weight excluding hydrogens is 325 g/mol. The summed E-state index contributed by atoms with van der Waals surface area (Å²) in [6.07, 6.45) is 1.31. The van der Waals surface area contributed by atoms with E-state index >= 15 is 0 Å². The Morgan fingerprint density at radius 2 is 1.84 bits per heavy atom. The molecule has 25 heavy (non-hydrogen) atoms. The van der Waals surface area contributed by atoms with E-state index in [1.807, 2.05) is 12.1 Å². The SMILES string of the molecule is O=C(O)Cc1nc(-c2ccc(F)cc2)oc1-c1ccc2occc2c1. The third-order valence-electron chi connectivity index (χ3n) is 3.82. The summed E-state index contributed by atoms with van der Waals surface area (Å²) >= 11 is 0. The summed E-state index contributed by atoms with van der Waals surface area (Å²) < 4.78 is 24.2. The van der Waals surface area contributed by atoms with Crippen molar-refractivity contribution in [3.8, 4) is 22.8 Å². The molecule has 0 saturated carbocycles. The van der Waals surface area contributed by atoms with Crippen LogP contribution in [0.5, 0.6) is 0 Å². The third-order valence-corrected chi connectivity index (χ3v) is 3.82. The molecule has 1 N–H and O–H groups in total. The molecule has 0 fully saturated rings. The number of hydrogen-bond donors (Lipinski definition) is 1. The van der Waals surface area contributed by atoms with Gasteiger partial charge in [0.05, 0.1) is 18.4 Å². The number of furan rings is 1. The molecule has 0 aliphatic rings. The standard InChI is InChI=1S/C19H12FNO4/c20-14-4-1-11(2-5-14)19-21-15(10-17(22)23)18(25-19)13-3-6-16-12(9-13)7-8-24-16/h1-9H,10H2,(H,22,23). The van der Waals surface area contributed by atoms with Gasteiger partial charge < -0.3 is 13.9 Å². The zero-order chi connectivity index (χ0) is 17.4. The van der Waals surface area contributed by atoms with Crippen LogP contribution < -0.4 is 0 Å². The number of fused-ring (bicyclic) bond motifs is 1. The largest absolute Gasteiger partial charge is 0.481 e. The first-order valence-corrected chi connectivity index (χ1v) is 7.55. The van der Waals surface area contributed by atoms with Crippen molar-refractivity contribution in [2.75, 3.05) is 0 Å². The minimum atomic E-state index is -1.01. The van der Waals surface area contributed by atoms with Gasteiger partial charge in [0.1, 0.15) is 11.4 Å². The molecule has 0 radical (unpaired) electrons. The van der Waals surface area contributed by atoms with Crippen molar-refractivity contribution >= 4 is 16.9 Å². The second-order valence-corrected chi connectivity index (χ2v) is 5.55. The summed E-state index contributed by atoms with van der Waals surface area (Å²) in [6, 6.07) is 12.9. The Labute approximate surface area is 141 Å². The average Bonchev–Trinajstić information content (AvgIpc) is 3.21. The van der Waals surface area contributed by atoms with Gasteiger partial charge >= 0.3 is 5.97 Å². The molecule has 0 unspecified atom stereocenters. The lowest BCUT2D eigenvalue weighted by Gasteiger charge is -1.99. The zero-order valence-corrected chi connectivity index (χ0v) is 12.9. The first kappa shape index (κ1) is 15.1. The lowest BCUT2D eigenvalue weighted by molar-refractivity contribution is -0.136. The van der Waals surface area contributed by atoms with Crippen LogP contribution in [0.2, 0.25) is 0 Å². The van der Waals surface area contributed by atoms with Crippen LogP contribution in [0.3, 0.4) is 0 Å². The van der Waals surface area contributed by atoms with Crippen molar-refractivity contribution < 1.29 is 23.1 Å². The molecule has 6 heteroatoms. The first-order chi connectivity index (χ1) is 12.1. The fourth-order valence-corrected chi connectivity index (χ4v) is 2.66. The van der Waals surface area contributed by atoms with Crippen molar-refractivity contribution in [1.82, 2.24) is 4.98 Å². The highest BCUT2D eigenvalue weighted by atomic mass is 19.1. The highest BCUT2D eigenvalue weighted by molar-refractivity contribution is 5.84. The van der Waals surface area contributed by atoms with Gasteiger partial charge in [-0.2, -0.15) is 0 Å². The Balaban J connectivity index is 1.84. The zero-order valence-electron chi connectivity index (χ0n) is 12.9. The predicted molar refractivity (Wildman–Crippen MR) is 88.4 cm³/mol. The van der Waals surface area contributed by atoms with Crippen LogP contribution in [-0.2, 0) is 11.2 Å². The summed E-state index contributed by atoms with van der Waals surface area (Å²) in [5, 5.41) is 10.0. The van der Waals surface area contributed by atoms with Gasteiger partial charge in [-0.15, -0.1) is 0 Å². The number of carboxylic acids is 1. The number of nitrogens with zero attached hydrogens (tertiary/aromatic N) is 1. The fraction of sp³-hybridized carbons (Fsp3) is 0.0526. The van der Waals surface area contributed by atoms with E-state index in [1.165, 1.54) is 24.3 Å². The first-order valence-electron chi connectivity index (χ1n) is 7.55. The topological polar surface area (TPSA) is 76.5 Å². The molecule has 0 atom stereocenters. The number of carbonyl (C=O) groups is 1. The van der Waals surface area contributed by atoms with E-state index in [-0.39, 0.29) is 18.1 Å². The maximum atomic E-state index is 13.1.